The Kier molecular flexibility index (Phi) is 6.62. The summed E-state index contributed by atoms with van der Waals surface area (Å²) in [5, 5.41) is 14.9. The molecule has 2 aliphatic heterocycles. The second-order valence-electron chi connectivity index (χ2n) is 9.67. The standard InChI is InChI=1S/C30H27ClN6O2/c1-19-4-2-3-5-25(19)36-12-14-37(15-13-36)29(39)20-6-9-23(10-7-20)34-30-33-17-21-16-26(38)24-11-8-22(31)18-32-28(24)27(21)35-30/h2-10,16-18,38H,11-15H2,1H3,(H,33,34,35). The Balaban J connectivity index is 1.15. The van der Waals surface area contributed by atoms with Crippen molar-refractivity contribution in [1.82, 2.24) is 14.9 Å². The number of halogens is 1. The molecule has 0 saturated carbocycles. The number of nitrogens with one attached hydrogen (secondary N) is 1. The van der Waals surface area contributed by atoms with Gasteiger partial charge in [0.15, 0.2) is 0 Å². The fourth-order valence-electron chi connectivity index (χ4n) is 5.04. The van der Waals surface area contributed by atoms with Gasteiger partial charge in [0.2, 0.25) is 5.95 Å². The van der Waals surface area contributed by atoms with E-state index in [0.29, 0.717) is 58.2 Å². The van der Waals surface area contributed by atoms with Crippen LogP contribution in [0.5, 0.6) is 5.75 Å². The van der Waals surface area contributed by atoms with Gasteiger partial charge in [-0.2, -0.15) is 0 Å². The number of para-hydroxylation sites is 1. The number of piperazine rings is 1. The Morgan fingerprint density at radius 2 is 1.82 bits per heavy atom. The van der Waals surface area contributed by atoms with Crippen molar-refractivity contribution < 1.29 is 9.90 Å². The van der Waals surface area contributed by atoms with Crippen molar-refractivity contribution in [3.63, 3.8) is 0 Å². The second kappa shape index (κ2) is 10.4. The zero-order valence-electron chi connectivity index (χ0n) is 21.4. The first-order valence-corrected chi connectivity index (χ1v) is 13.2. The van der Waals surface area contributed by atoms with Gasteiger partial charge >= 0.3 is 0 Å². The van der Waals surface area contributed by atoms with Crippen LogP contribution in [0.3, 0.4) is 0 Å². The maximum Gasteiger partial charge on any atom is 0.253 e. The third kappa shape index (κ3) is 5.03. The van der Waals surface area contributed by atoms with E-state index in [1.807, 2.05) is 35.2 Å². The van der Waals surface area contributed by atoms with Crippen molar-refractivity contribution in [2.24, 2.45) is 4.99 Å². The van der Waals surface area contributed by atoms with Crippen LogP contribution in [0.4, 0.5) is 23.0 Å². The summed E-state index contributed by atoms with van der Waals surface area (Å²) in [6.45, 7) is 5.10. The molecule has 3 heterocycles. The summed E-state index contributed by atoms with van der Waals surface area (Å²) >= 11 is 6.13. The number of phenolic OH excluding ortho intramolecular Hbond substituents is 1. The molecule has 196 valence electrons. The van der Waals surface area contributed by atoms with Crippen molar-refractivity contribution >= 4 is 57.6 Å². The molecule has 1 aromatic heterocycles. The van der Waals surface area contributed by atoms with Crippen molar-refractivity contribution in [1.29, 1.82) is 0 Å². The van der Waals surface area contributed by atoms with E-state index < -0.39 is 0 Å². The molecule has 6 rings (SSSR count). The molecule has 39 heavy (non-hydrogen) atoms. The minimum Gasteiger partial charge on any atom is -0.508 e. The molecule has 2 aliphatic rings. The van der Waals surface area contributed by atoms with Crippen LogP contribution >= 0.6 is 11.6 Å². The van der Waals surface area contributed by atoms with Crippen LogP contribution in [0.25, 0.3) is 10.9 Å². The van der Waals surface area contributed by atoms with E-state index in [1.165, 1.54) is 11.3 Å². The predicted octanol–water partition coefficient (Wildman–Crippen LogP) is 5.73. The number of phenols is 1. The highest BCUT2D eigenvalue weighted by atomic mass is 35.5. The number of rotatable bonds is 4. The zero-order chi connectivity index (χ0) is 26.9. The van der Waals surface area contributed by atoms with Gasteiger partial charge in [-0.25, -0.2) is 9.97 Å². The van der Waals surface area contributed by atoms with Crippen LogP contribution in [0, 0.1) is 6.92 Å². The lowest BCUT2D eigenvalue weighted by atomic mass is 10.1. The molecule has 1 fully saturated rings. The minimum absolute atomic E-state index is 0.0283. The molecule has 0 aliphatic carbocycles. The molecule has 8 nitrogen and oxygen atoms in total. The summed E-state index contributed by atoms with van der Waals surface area (Å²) in [5.74, 6) is 0.555. The van der Waals surface area contributed by atoms with Crippen molar-refractivity contribution in [2.45, 2.75) is 13.3 Å². The van der Waals surface area contributed by atoms with Gasteiger partial charge in [-0.15, -0.1) is 0 Å². The number of hydrogen-bond donors (Lipinski definition) is 2. The quantitative estimate of drug-likeness (QED) is 0.344. The third-order valence-electron chi connectivity index (χ3n) is 7.16. The Labute approximate surface area is 231 Å². The van der Waals surface area contributed by atoms with Crippen molar-refractivity contribution in [3.05, 3.63) is 88.6 Å². The number of fused-ring (bicyclic) bond motifs is 3. The van der Waals surface area contributed by atoms with Crippen LogP contribution < -0.4 is 10.2 Å². The largest absolute Gasteiger partial charge is 0.508 e. The molecule has 4 aromatic rings. The van der Waals surface area contributed by atoms with E-state index >= 15 is 0 Å². The predicted molar refractivity (Wildman–Crippen MR) is 156 cm³/mol. The van der Waals surface area contributed by atoms with E-state index in [2.05, 4.69) is 50.3 Å². The van der Waals surface area contributed by atoms with Gasteiger partial charge in [0.1, 0.15) is 11.3 Å². The molecular formula is C30H27ClN6O2. The van der Waals surface area contributed by atoms with Gasteiger partial charge in [0.05, 0.1) is 10.7 Å². The highest BCUT2D eigenvalue weighted by molar-refractivity contribution is 6.39. The SMILES string of the molecule is Cc1ccccc1N1CCN(C(=O)c2ccc(Nc3ncc4cc(O)c5c(c4n3)N=CC(Cl)=CC5)cc2)CC1. The van der Waals surface area contributed by atoms with Crippen LogP contribution in [-0.4, -0.2) is 58.3 Å². The van der Waals surface area contributed by atoms with Gasteiger partial charge in [-0.05, 0) is 55.3 Å². The van der Waals surface area contributed by atoms with E-state index in [9.17, 15) is 9.90 Å². The summed E-state index contributed by atoms with van der Waals surface area (Å²) in [6.07, 6.45) is 5.46. The number of benzene rings is 3. The number of aliphatic imine (C=N–C) groups is 1. The molecule has 0 radical (unpaired) electrons. The minimum atomic E-state index is 0.0283. The Bertz CT molecular complexity index is 1630. The van der Waals surface area contributed by atoms with Crippen LogP contribution in [0.2, 0.25) is 0 Å². The molecule has 0 bridgehead atoms. The summed E-state index contributed by atoms with van der Waals surface area (Å²) in [6, 6.07) is 17.3. The fourth-order valence-corrected chi connectivity index (χ4v) is 5.17. The molecule has 0 atom stereocenters. The number of anilines is 3. The first-order valence-electron chi connectivity index (χ1n) is 12.8. The monoisotopic (exact) mass is 538 g/mol. The number of allylic oxidation sites excluding steroid dienone is 2. The van der Waals surface area contributed by atoms with Crippen molar-refractivity contribution in [3.8, 4) is 5.75 Å². The fraction of sp³-hybridized carbons (Fsp3) is 0.200. The molecule has 1 saturated heterocycles. The maximum absolute atomic E-state index is 13.2. The zero-order valence-corrected chi connectivity index (χ0v) is 22.2. The van der Waals surface area contributed by atoms with Gasteiger partial charge in [-0.3, -0.25) is 9.79 Å². The maximum atomic E-state index is 13.2. The van der Waals surface area contributed by atoms with Crippen LogP contribution in [0.15, 0.2) is 76.9 Å². The van der Waals surface area contributed by atoms with E-state index in [0.717, 1.165) is 18.8 Å². The van der Waals surface area contributed by atoms with E-state index in [4.69, 9.17) is 11.6 Å². The van der Waals surface area contributed by atoms with Gasteiger partial charge < -0.3 is 20.2 Å². The van der Waals surface area contributed by atoms with E-state index in [-0.39, 0.29) is 11.7 Å². The van der Waals surface area contributed by atoms with Gasteiger partial charge in [0, 0.05) is 66.5 Å². The average Bonchev–Trinajstić information content (AvgIpc) is 3.16. The third-order valence-corrected chi connectivity index (χ3v) is 7.41. The van der Waals surface area contributed by atoms with Gasteiger partial charge in [-0.1, -0.05) is 35.9 Å². The van der Waals surface area contributed by atoms with Crippen LogP contribution in [0.1, 0.15) is 21.5 Å². The number of amides is 1. The topological polar surface area (TPSA) is 94.0 Å². The number of hydrogen-bond acceptors (Lipinski definition) is 7. The Morgan fingerprint density at radius 1 is 1.05 bits per heavy atom. The summed E-state index contributed by atoms with van der Waals surface area (Å²) in [4.78, 5) is 30.9. The second-order valence-corrected chi connectivity index (χ2v) is 10.1. The number of aryl methyl sites for hydroxylation is 1. The molecule has 3 aromatic carbocycles. The summed E-state index contributed by atoms with van der Waals surface area (Å²) in [7, 11) is 0. The lowest BCUT2D eigenvalue weighted by Crippen LogP contribution is -2.49. The summed E-state index contributed by atoms with van der Waals surface area (Å²) in [5.41, 5.74) is 5.74. The number of carbonyl (C=O) groups is 1. The molecule has 2 N–H and O–H groups in total. The van der Waals surface area contributed by atoms with Crippen LogP contribution in [-0.2, 0) is 6.42 Å². The van der Waals surface area contributed by atoms with E-state index in [1.54, 1.807) is 24.6 Å². The number of aromatic nitrogens is 2. The first kappa shape index (κ1) is 24.9. The highest BCUT2D eigenvalue weighted by Gasteiger charge is 2.23. The highest BCUT2D eigenvalue weighted by Crippen LogP contribution is 2.38. The molecule has 0 spiro atoms. The average molecular weight is 539 g/mol. The normalized spacial score (nSPS) is 15.1. The molecule has 0 unspecified atom stereocenters. The first-order chi connectivity index (χ1) is 19.0. The Morgan fingerprint density at radius 3 is 2.59 bits per heavy atom. The lowest BCUT2D eigenvalue weighted by molar-refractivity contribution is 0.0747. The molecular weight excluding hydrogens is 512 g/mol. The molecule has 9 heteroatoms. The lowest BCUT2D eigenvalue weighted by Gasteiger charge is -2.36. The number of carbonyl (C=O) groups excluding carboxylic acids is 1. The summed E-state index contributed by atoms with van der Waals surface area (Å²) < 4.78 is 0. The number of nitrogens with zero attached hydrogens (tertiary/aromatic N) is 5. The van der Waals surface area contributed by atoms with Gasteiger partial charge in [0.25, 0.3) is 5.91 Å². The smallest absolute Gasteiger partial charge is 0.253 e. The Hall–Kier alpha value is -4.43. The number of aromatic hydroxyl groups is 1. The van der Waals surface area contributed by atoms with Crippen molar-refractivity contribution in [2.75, 3.05) is 36.4 Å². The molecule has 1 amide bonds.